The molecule has 0 bridgehead atoms. The van der Waals surface area contributed by atoms with Gasteiger partial charge in [0.25, 0.3) is 0 Å². The SMILES string of the molecule is N#Cc1c[nH]c2ncc(-c3ccc(SN4CCC(Nc5ccc(C(F)(F)F)cn5)CC4)cc3)cc12. The molecule has 10 heteroatoms. The van der Waals surface area contributed by atoms with E-state index in [0.717, 1.165) is 59.6 Å². The first-order chi connectivity index (χ1) is 16.9. The van der Waals surface area contributed by atoms with Gasteiger partial charge in [0, 0.05) is 53.6 Å². The Hall–Kier alpha value is -3.55. The number of pyridine rings is 2. The summed E-state index contributed by atoms with van der Waals surface area (Å²) in [6.45, 7) is 1.71. The molecule has 2 N–H and O–H groups in total. The maximum Gasteiger partial charge on any atom is 0.417 e. The van der Waals surface area contributed by atoms with E-state index < -0.39 is 11.7 Å². The smallest absolute Gasteiger partial charge is 0.367 e. The second-order valence-electron chi connectivity index (χ2n) is 8.33. The number of benzene rings is 1. The molecule has 0 saturated carbocycles. The van der Waals surface area contributed by atoms with E-state index in [9.17, 15) is 18.4 Å². The van der Waals surface area contributed by atoms with Gasteiger partial charge in [-0.05, 0) is 60.7 Å². The van der Waals surface area contributed by atoms with Gasteiger partial charge >= 0.3 is 6.18 Å². The van der Waals surface area contributed by atoms with E-state index in [1.54, 1.807) is 24.3 Å². The molecule has 1 aromatic carbocycles. The zero-order valence-corrected chi connectivity index (χ0v) is 19.3. The number of aromatic nitrogens is 3. The van der Waals surface area contributed by atoms with Crippen molar-refractivity contribution in [2.24, 2.45) is 0 Å². The molecule has 4 aromatic rings. The number of aromatic amines is 1. The summed E-state index contributed by atoms with van der Waals surface area (Å²) < 4.78 is 40.4. The third-order valence-corrected chi connectivity index (χ3v) is 7.08. The molecule has 5 rings (SSSR count). The standard InChI is InChI=1S/C25H21F3N6S/c26-25(27,28)19-3-6-23(30-15-19)33-20-7-9-34(10-8-20)35-21-4-1-16(2-5-21)17-11-22-18(12-29)14-32-24(22)31-13-17/h1-6,11,13-15,20H,7-10H2,(H,30,33)(H,31,32). The lowest BCUT2D eigenvalue weighted by Crippen LogP contribution is -2.35. The molecule has 0 spiro atoms. The Balaban J connectivity index is 1.15. The highest BCUT2D eigenvalue weighted by molar-refractivity contribution is 7.97. The van der Waals surface area contributed by atoms with Crippen LogP contribution in [0.1, 0.15) is 24.0 Å². The van der Waals surface area contributed by atoms with Crippen molar-refractivity contribution in [3.8, 4) is 17.2 Å². The number of fused-ring (bicyclic) bond motifs is 1. The normalized spacial score (nSPS) is 15.3. The Labute approximate surface area is 204 Å². The highest BCUT2D eigenvalue weighted by Gasteiger charge is 2.30. The van der Waals surface area contributed by atoms with Crippen LogP contribution in [0.5, 0.6) is 0 Å². The van der Waals surface area contributed by atoms with Crippen molar-refractivity contribution in [2.45, 2.75) is 30.0 Å². The number of nitrogens with one attached hydrogen (secondary N) is 2. The molecule has 1 fully saturated rings. The van der Waals surface area contributed by atoms with Gasteiger partial charge in [-0.25, -0.2) is 14.3 Å². The van der Waals surface area contributed by atoms with Crippen LogP contribution < -0.4 is 5.32 Å². The van der Waals surface area contributed by atoms with E-state index >= 15 is 0 Å². The predicted octanol–water partition coefficient (Wildman–Crippen LogP) is 6.10. The number of piperidine rings is 1. The quantitative estimate of drug-likeness (QED) is 0.327. The van der Waals surface area contributed by atoms with Gasteiger partial charge in [-0.1, -0.05) is 12.1 Å². The average molecular weight is 495 g/mol. The minimum Gasteiger partial charge on any atom is -0.367 e. The molecule has 0 unspecified atom stereocenters. The van der Waals surface area contributed by atoms with Crippen molar-refractivity contribution in [3.63, 3.8) is 0 Å². The van der Waals surface area contributed by atoms with Crippen LogP contribution in [0.3, 0.4) is 0 Å². The first kappa shape index (κ1) is 23.2. The summed E-state index contributed by atoms with van der Waals surface area (Å²) in [6, 6.07) is 15.0. The minimum atomic E-state index is -4.37. The maximum atomic E-state index is 12.7. The number of H-pyrrole nitrogens is 1. The van der Waals surface area contributed by atoms with Gasteiger partial charge in [0.15, 0.2) is 0 Å². The molecule has 0 aliphatic carbocycles. The maximum absolute atomic E-state index is 12.7. The van der Waals surface area contributed by atoms with E-state index in [1.807, 2.05) is 6.07 Å². The van der Waals surface area contributed by atoms with E-state index in [-0.39, 0.29) is 6.04 Å². The van der Waals surface area contributed by atoms with Crippen LogP contribution in [0.25, 0.3) is 22.2 Å². The molecular weight excluding hydrogens is 473 g/mol. The van der Waals surface area contributed by atoms with E-state index in [4.69, 9.17) is 0 Å². The zero-order chi connectivity index (χ0) is 24.4. The molecule has 0 amide bonds. The largest absolute Gasteiger partial charge is 0.417 e. The van der Waals surface area contributed by atoms with Crippen molar-refractivity contribution in [1.29, 1.82) is 5.26 Å². The number of halogens is 3. The number of hydrogen-bond donors (Lipinski definition) is 2. The fraction of sp³-hybridized carbons (Fsp3) is 0.240. The second kappa shape index (κ2) is 9.60. The summed E-state index contributed by atoms with van der Waals surface area (Å²) in [5, 5.41) is 13.3. The van der Waals surface area contributed by atoms with Gasteiger partial charge < -0.3 is 10.3 Å². The minimum absolute atomic E-state index is 0.174. The van der Waals surface area contributed by atoms with Crippen LogP contribution in [-0.4, -0.2) is 38.4 Å². The highest BCUT2D eigenvalue weighted by atomic mass is 32.2. The molecule has 6 nitrogen and oxygen atoms in total. The summed E-state index contributed by atoms with van der Waals surface area (Å²) in [6.07, 6.45) is 1.70. The van der Waals surface area contributed by atoms with Crippen molar-refractivity contribution >= 4 is 28.8 Å². The predicted molar refractivity (Wildman–Crippen MR) is 130 cm³/mol. The van der Waals surface area contributed by atoms with Gasteiger partial charge in [0.2, 0.25) is 0 Å². The van der Waals surface area contributed by atoms with E-state index in [1.165, 1.54) is 6.07 Å². The topological polar surface area (TPSA) is 80.6 Å². The molecule has 0 radical (unpaired) electrons. The Morgan fingerprint density at radius 2 is 1.80 bits per heavy atom. The van der Waals surface area contributed by atoms with Crippen LogP contribution in [0.2, 0.25) is 0 Å². The average Bonchev–Trinajstić information content (AvgIpc) is 3.28. The van der Waals surface area contributed by atoms with Gasteiger partial charge in [-0.3, -0.25) is 0 Å². The van der Waals surface area contributed by atoms with Crippen molar-refractivity contribution < 1.29 is 13.2 Å². The van der Waals surface area contributed by atoms with Crippen molar-refractivity contribution in [3.05, 3.63) is 72.2 Å². The molecule has 4 heterocycles. The monoisotopic (exact) mass is 494 g/mol. The Bertz CT molecular complexity index is 1350. The summed E-state index contributed by atoms with van der Waals surface area (Å²) >= 11 is 1.69. The second-order valence-corrected chi connectivity index (χ2v) is 9.50. The fourth-order valence-electron chi connectivity index (χ4n) is 4.06. The van der Waals surface area contributed by atoms with Gasteiger partial charge in [0.05, 0.1) is 11.1 Å². The van der Waals surface area contributed by atoms with Gasteiger partial charge in [-0.15, -0.1) is 0 Å². The van der Waals surface area contributed by atoms with Crippen LogP contribution in [0.15, 0.2) is 66.0 Å². The number of rotatable bonds is 5. The summed E-state index contributed by atoms with van der Waals surface area (Å²) in [4.78, 5) is 12.5. The summed E-state index contributed by atoms with van der Waals surface area (Å²) in [5.74, 6) is 0.467. The molecule has 1 saturated heterocycles. The number of anilines is 1. The highest BCUT2D eigenvalue weighted by Crippen LogP contribution is 2.31. The molecule has 0 atom stereocenters. The molecule has 3 aromatic heterocycles. The van der Waals surface area contributed by atoms with E-state index in [2.05, 4.69) is 54.9 Å². The summed E-state index contributed by atoms with van der Waals surface area (Å²) in [7, 11) is 0. The third-order valence-electron chi connectivity index (χ3n) is 5.97. The molecule has 35 heavy (non-hydrogen) atoms. The van der Waals surface area contributed by atoms with Gasteiger partial charge in [0.1, 0.15) is 17.5 Å². The number of nitrogens with zero attached hydrogens (tertiary/aromatic N) is 4. The van der Waals surface area contributed by atoms with E-state index in [0.29, 0.717) is 17.0 Å². The van der Waals surface area contributed by atoms with Crippen LogP contribution in [-0.2, 0) is 6.18 Å². The lowest BCUT2D eigenvalue weighted by Gasteiger charge is -2.31. The molecule has 1 aliphatic rings. The number of alkyl halides is 3. The van der Waals surface area contributed by atoms with Crippen LogP contribution in [0, 0.1) is 11.3 Å². The third kappa shape index (κ3) is 5.26. The lowest BCUT2D eigenvalue weighted by molar-refractivity contribution is -0.137. The van der Waals surface area contributed by atoms with Crippen molar-refractivity contribution in [2.75, 3.05) is 18.4 Å². The molecular formula is C25H21F3N6S. The fourth-order valence-corrected chi connectivity index (χ4v) is 5.01. The molecule has 178 valence electrons. The Kier molecular flexibility index (Phi) is 6.36. The summed E-state index contributed by atoms with van der Waals surface area (Å²) in [5.41, 5.74) is 2.51. The Morgan fingerprint density at radius 1 is 1.03 bits per heavy atom. The number of nitriles is 1. The first-order valence-electron chi connectivity index (χ1n) is 11.1. The first-order valence-corrected chi connectivity index (χ1v) is 11.9. The van der Waals surface area contributed by atoms with Crippen LogP contribution in [0.4, 0.5) is 19.0 Å². The lowest BCUT2D eigenvalue weighted by atomic mass is 10.1. The van der Waals surface area contributed by atoms with Crippen LogP contribution >= 0.6 is 11.9 Å². The van der Waals surface area contributed by atoms with Crippen molar-refractivity contribution in [1.82, 2.24) is 19.3 Å². The zero-order valence-electron chi connectivity index (χ0n) is 18.5. The molecule has 1 aliphatic heterocycles. The number of hydrogen-bond acceptors (Lipinski definition) is 6. The van der Waals surface area contributed by atoms with Gasteiger partial charge in [-0.2, -0.15) is 18.4 Å². The Morgan fingerprint density at radius 3 is 2.46 bits per heavy atom.